The number of H-pyrrole nitrogens is 1. The van der Waals surface area contributed by atoms with Crippen LogP contribution in [-0.2, 0) is 6.54 Å². The number of aromatic nitrogens is 1. The van der Waals surface area contributed by atoms with Crippen LogP contribution in [0.2, 0.25) is 0 Å². The SMILES string of the molecule is CCNCc1ccc(Br)cc1Sc1cc2ccccc2[nH]1. The average Bonchev–Trinajstić information content (AvgIpc) is 2.88. The molecule has 1 aromatic heterocycles. The van der Waals surface area contributed by atoms with Gasteiger partial charge < -0.3 is 10.3 Å². The minimum absolute atomic E-state index is 0.895. The first-order chi connectivity index (χ1) is 10.3. The molecular formula is C17H17BrN2S. The van der Waals surface area contributed by atoms with Gasteiger partial charge in [-0.15, -0.1) is 0 Å². The predicted molar refractivity (Wildman–Crippen MR) is 93.9 cm³/mol. The number of halogens is 1. The highest BCUT2D eigenvalue weighted by Gasteiger charge is 2.07. The zero-order chi connectivity index (χ0) is 14.7. The maximum absolute atomic E-state index is 3.57. The quantitative estimate of drug-likeness (QED) is 0.654. The highest BCUT2D eigenvalue weighted by atomic mass is 79.9. The first-order valence-corrected chi connectivity index (χ1v) is 8.62. The maximum atomic E-state index is 3.57. The molecule has 0 amide bonds. The number of hydrogen-bond acceptors (Lipinski definition) is 2. The average molecular weight is 361 g/mol. The topological polar surface area (TPSA) is 27.8 Å². The van der Waals surface area contributed by atoms with Gasteiger partial charge in [0.1, 0.15) is 0 Å². The Bertz CT molecular complexity index is 718. The summed E-state index contributed by atoms with van der Waals surface area (Å²) in [7, 11) is 0. The van der Waals surface area contributed by atoms with E-state index in [1.165, 1.54) is 26.4 Å². The summed E-state index contributed by atoms with van der Waals surface area (Å²) >= 11 is 5.35. The van der Waals surface area contributed by atoms with E-state index in [1.807, 2.05) is 0 Å². The number of benzene rings is 2. The van der Waals surface area contributed by atoms with Crippen molar-refractivity contribution >= 4 is 38.6 Å². The van der Waals surface area contributed by atoms with Crippen LogP contribution in [0.15, 0.2) is 62.9 Å². The van der Waals surface area contributed by atoms with Gasteiger partial charge >= 0.3 is 0 Å². The van der Waals surface area contributed by atoms with Crippen molar-refractivity contribution in [2.24, 2.45) is 0 Å². The number of hydrogen-bond donors (Lipinski definition) is 2. The first-order valence-electron chi connectivity index (χ1n) is 7.01. The van der Waals surface area contributed by atoms with E-state index < -0.39 is 0 Å². The molecular weight excluding hydrogens is 344 g/mol. The molecule has 0 saturated heterocycles. The lowest BCUT2D eigenvalue weighted by molar-refractivity contribution is 0.717. The molecule has 0 unspecified atom stereocenters. The van der Waals surface area contributed by atoms with Gasteiger partial charge in [-0.3, -0.25) is 0 Å². The molecule has 0 aliphatic carbocycles. The monoisotopic (exact) mass is 360 g/mol. The van der Waals surface area contributed by atoms with E-state index >= 15 is 0 Å². The standard InChI is InChI=1S/C17H17BrN2S/c1-2-19-11-13-7-8-14(18)10-16(13)21-17-9-12-5-3-4-6-15(12)20-17/h3-10,19-20H,2,11H2,1H3. The Morgan fingerprint density at radius 2 is 2.00 bits per heavy atom. The Morgan fingerprint density at radius 3 is 2.81 bits per heavy atom. The van der Waals surface area contributed by atoms with Gasteiger partial charge in [0.15, 0.2) is 0 Å². The molecule has 0 radical (unpaired) electrons. The lowest BCUT2D eigenvalue weighted by Gasteiger charge is -2.09. The van der Waals surface area contributed by atoms with Gasteiger partial charge in [0.25, 0.3) is 0 Å². The van der Waals surface area contributed by atoms with Crippen LogP contribution < -0.4 is 5.32 Å². The summed E-state index contributed by atoms with van der Waals surface area (Å²) < 4.78 is 1.11. The predicted octanol–water partition coefficient (Wildman–Crippen LogP) is 5.19. The molecule has 2 aromatic carbocycles. The molecule has 2 nitrogen and oxygen atoms in total. The second-order valence-electron chi connectivity index (χ2n) is 4.86. The first kappa shape index (κ1) is 14.7. The Hall–Kier alpha value is -1.23. The molecule has 3 rings (SSSR count). The second-order valence-corrected chi connectivity index (χ2v) is 6.85. The molecule has 0 saturated carbocycles. The van der Waals surface area contributed by atoms with Crippen molar-refractivity contribution in [1.29, 1.82) is 0 Å². The Morgan fingerprint density at radius 1 is 1.14 bits per heavy atom. The third kappa shape index (κ3) is 3.51. The number of nitrogens with one attached hydrogen (secondary N) is 2. The number of fused-ring (bicyclic) bond motifs is 1. The van der Waals surface area contributed by atoms with Gasteiger partial charge in [-0.1, -0.05) is 58.9 Å². The maximum Gasteiger partial charge on any atom is 0.0781 e. The van der Waals surface area contributed by atoms with E-state index in [0.717, 1.165) is 17.6 Å². The summed E-state index contributed by atoms with van der Waals surface area (Å²) in [5.74, 6) is 0. The van der Waals surface area contributed by atoms with Crippen LogP contribution in [0.5, 0.6) is 0 Å². The van der Waals surface area contributed by atoms with Crippen molar-refractivity contribution in [3.63, 3.8) is 0 Å². The Balaban J connectivity index is 1.90. The molecule has 108 valence electrons. The van der Waals surface area contributed by atoms with E-state index in [-0.39, 0.29) is 0 Å². The highest BCUT2D eigenvalue weighted by Crippen LogP contribution is 2.33. The van der Waals surface area contributed by atoms with E-state index in [2.05, 4.69) is 81.7 Å². The molecule has 2 N–H and O–H groups in total. The van der Waals surface area contributed by atoms with Crippen molar-refractivity contribution in [3.8, 4) is 0 Å². The highest BCUT2D eigenvalue weighted by molar-refractivity contribution is 9.10. The fourth-order valence-electron chi connectivity index (χ4n) is 2.25. The van der Waals surface area contributed by atoms with E-state index in [0.29, 0.717) is 0 Å². The number of aromatic amines is 1. The van der Waals surface area contributed by atoms with Gasteiger partial charge in [0, 0.05) is 26.8 Å². The zero-order valence-electron chi connectivity index (χ0n) is 11.8. The summed E-state index contributed by atoms with van der Waals surface area (Å²) in [6.45, 7) is 4.00. The van der Waals surface area contributed by atoms with Gasteiger partial charge in [0.2, 0.25) is 0 Å². The summed E-state index contributed by atoms with van der Waals surface area (Å²) in [6.07, 6.45) is 0. The lowest BCUT2D eigenvalue weighted by atomic mass is 10.2. The molecule has 21 heavy (non-hydrogen) atoms. The van der Waals surface area contributed by atoms with Crippen LogP contribution in [0.3, 0.4) is 0 Å². The van der Waals surface area contributed by atoms with Crippen molar-refractivity contribution < 1.29 is 0 Å². The molecule has 0 aliphatic rings. The normalized spacial score (nSPS) is 11.1. The minimum Gasteiger partial charge on any atom is -0.349 e. The fraction of sp³-hybridized carbons (Fsp3) is 0.176. The van der Waals surface area contributed by atoms with Crippen LogP contribution in [-0.4, -0.2) is 11.5 Å². The molecule has 0 aliphatic heterocycles. The minimum atomic E-state index is 0.895. The van der Waals surface area contributed by atoms with E-state index in [9.17, 15) is 0 Å². The van der Waals surface area contributed by atoms with Crippen molar-refractivity contribution in [3.05, 3.63) is 58.6 Å². The molecule has 1 heterocycles. The van der Waals surface area contributed by atoms with Crippen molar-refractivity contribution in [2.45, 2.75) is 23.4 Å². The van der Waals surface area contributed by atoms with Gasteiger partial charge in [-0.25, -0.2) is 0 Å². The smallest absolute Gasteiger partial charge is 0.0781 e. The summed E-state index contributed by atoms with van der Waals surface area (Å²) in [5.41, 5.74) is 2.51. The molecule has 0 spiro atoms. The number of para-hydroxylation sites is 1. The zero-order valence-corrected chi connectivity index (χ0v) is 14.2. The van der Waals surface area contributed by atoms with Gasteiger partial charge in [0.05, 0.1) is 5.03 Å². The van der Waals surface area contributed by atoms with Crippen LogP contribution >= 0.6 is 27.7 Å². The van der Waals surface area contributed by atoms with Gasteiger partial charge in [-0.2, -0.15) is 0 Å². The van der Waals surface area contributed by atoms with Gasteiger partial charge in [-0.05, 0) is 36.4 Å². The third-order valence-corrected chi connectivity index (χ3v) is 4.85. The van der Waals surface area contributed by atoms with Crippen LogP contribution in [0.4, 0.5) is 0 Å². The Labute approximate surface area is 137 Å². The van der Waals surface area contributed by atoms with Crippen LogP contribution in [0.25, 0.3) is 10.9 Å². The molecule has 0 fully saturated rings. The van der Waals surface area contributed by atoms with E-state index in [4.69, 9.17) is 0 Å². The largest absolute Gasteiger partial charge is 0.349 e. The summed E-state index contributed by atoms with van der Waals surface area (Å²) in [6, 6.07) is 17.0. The molecule has 3 aromatic rings. The number of rotatable bonds is 5. The molecule has 0 atom stereocenters. The molecule has 4 heteroatoms. The van der Waals surface area contributed by atoms with Crippen molar-refractivity contribution in [2.75, 3.05) is 6.54 Å². The summed E-state index contributed by atoms with van der Waals surface area (Å²) in [4.78, 5) is 4.75. The third-order valence-electron chi connectivity index (χ3n) is 3.32. The van der Waals surface area contributed by atoms with Crippen LogP contribution in [0.1, 0.15) is 12.5 Å². The second kappa shape index (κ2) is 6.69. The summed E-state index contributed by atoms with van der Waals surface area (Å²) in [5, 5.41) is 5.82. The van der Waals surface area contributed by atoms with Crippen LogP contribution in [0, 0.1) is 0 Å². The lowest BCUT2D eigenvalue weighted by Crippen LogP contribution is -2.12. The van der Waals surface area contributed by atoms with Crippen molar-refractivity contribution in [1.82, 2.24) is 10.3 Å². The molecule has 0 bridgehead atoms. The van der Waals surface area contributed by atoms with E-state index in [1.54, 1.807) is 11.8 Å². The Kier molecular flexibility index (Phi) is 4.68. The fourth-order valence-corrected chi connectivity index (χ4v) is 3.80.